The number of aliphatic hydroxyl groups is 1. The van der Waals surface area contributed by atoms with Crippen molar-refractivity contribution < 1.29 is 14.4 Å². The number of aromatic nitrogens is 1. The second-order valence-corrected chi connectivity index (χ2v) is 6.02. The minimum atomic E-state index is -0.870. The third-order valence-electron chi connectivity index (χ3n) is 4.25. The van der Waals surface area contributed by atoms with Crippen molar-refractivity contribution in [2.45, 2.75) is 38.7 Å². The molecule has 1 atom stereocenters. The lowest BCUT2D eigenvalue weighted by Gasteiger charge is -2.20. The number of likely N-dealkylation sites (tertiary alicyclic amines) is 1. The van der Waals surface area contributed by atoms with Crippen molar-refractivity contribution >= 4 is 5.91 Å². The summed E-state index contributed by atoms with van der Waals surface area (Å²) in [6.45, 7) is 3.09. The average molecular weight is 314 g/mol. The van der Waals surface area contributed by atoms with Crippen LogP contribution in [0.1, 0.15) is 54.8 Å². The molecule has 0 aliphatic carbocycles. The average Bonchev–Trinajstić information content (AvgIpc) is 2.83. The predicted octanol–water partition coefficient (Wildman–Crippen LogP) is 3.41. The fourth-order valence-corrected chi connectivity index (χ4v) is 3.02. The molecule has 0 bridgehead atoms. The van der Waals surface area contributed by atoms with Gasteiger partial charge in [0.25, 0.3) is 5.91 Å². The molecule has 3 rings (SSSR count). The minimum absolute atomic E-state index is 0.0945. The van der Waals surface area contributed by atoms with Gasteiger partial charge in [0.15, 0.2) is 5.76 Å². The van der Waals surface area contributed by atoms with Gasteiger partial charge in [-0.25, -0.2) is 0 Å². The molecular formula is C18H22N2O3. The van der Waals surface area contributed by atoms with Crippen molar-refractivity contribution in [2.75, 3.05) is 13.1 Å². The summed E-state index contributed by atoms with van der Waals surface area (Å²) in [6.07, 6.45) is 3.47. The van der Waals surface area contributed by atoms with Gasteiger partial charge in [-0.2, -0.15) is 0 Å². The predicted molar refractivity (Wildman–Crippen MR) is 86.9 cm³/mol. The first kappa shape index (κ1) is 15.7. The largest absolute Gasteiger partial charge is 0.385 e. The summed E-state index contributed by atoms with van der Waals surface area (Å²) >= 11 is 0. The van der Waals surface area contributed by atoms with Gasteiger partial charge < -0.3 is 14.5 Å². The summed E-state index contributed by atoms with van der Waals surface area (Å²) in [6, 6.07) is 9.49. The molecule has 0 saturated carbocycles. The van der Waals surface area contributed by atoms with E-state index in [4.69, 9.17) is 4.52 Å². The van der Waals surface area contributed by atoms with Crippen molar-refractivity contribution in [1.82, 2.24) is 10.1 Å². The summed E-state index contributed by atoms with van der Waals surface area (Å²) < 4.78 is 5.31. The molecule has 122 valence electrons. The van der Waals surface area contributed by atoms with Crippen molar-refractivity contribution in [3.63, 3.8) is 0 Å². The zero-order chi connectivity index (χ0) is 16.2. The molecule has 5 heteroatoms. The topological polar surface area (TPSA) is 66.6 Å². The molecule has 0 spiro atoms. The van der Waals surface area contributed by atoms with Crippen LogP contribution in [0.5, 0.6) is 0 Å². The summed E-state index contributed by atoms with van der Waals surface area (Å²) in [4.78, 5) is 14.9. The van der Waals surface area contributed by atoms with E-state index < -0.39 is 6.10 Å². The molecule has 2 aromatic rings. The Labute approximate surface area is 135 Å². The number of nitrogens with zero attached hydrogens (tertiary/aromatic N) is 2. The lowest BCUT2D eigenvalue weighted by atomic mass is 10.0. The van der Waals surface area contributed by atoms with Crippen LogP contribution < -0.4 is 0 Å². The van der Waals surface area contributed by atoms with E-state index >= 15 is 0 Å². The van der Waals surface area contributed by atoms with Gasteiger partial charge in [0.1, 0.15) is 17.4 Å². The molecular weight excluding hydrogens is 292 g/mol. The van der Waals surface area contributed by atoms with Crippen LogP contribution in [0.2, 0.25) is 0 Å². The molecule has 1 aromatic carbocycles. The van der Waals surface area contributed by atoms with Gasteiger partial charge in [-0.3, -0.25) is 4.79 Å². The quantitative estimate of drug-likeness (QED) is 0.942. The van der Waals surface area contributed by atoms with Crippen LogP contribution in [0.4, 0.5) is 0 Å². The van der Waals surface area contributed by atoms with Gasteiger partial charge in [-0.1, -0.05) is 48.3 Å². The van der Waals surface area contributed by atoms with Gasteiger partial charge in [-0.05, 0) is 19.8 Å². The van der Waals surface area contributed by atoms with Crippen molar-refractivity contribution in [3.05, 3.63) is 41.7 Å². The zero-order valence-corrected chi connectivity index (χ0v) is 13.4. The van der Waals surface area contributed by atoms with E-state index in [0.717, 1.165) is 44.3 Å². The van der Waals surface area contributed by atoms with E-state index in [0.29, 0.717) is 11.3 Å². The number of hydrogen-bond acceptors (Lipinski definition) is 4. The molecule has 1 amide bonds. The molecule has 23 heavy (non-hydrogen) atoms. The minimum Gasteiger partial charge on any atom is -0.385 e. The highest BCUT2D eigenvalue weighted by atomic mass is 16.5. The highest BCUT2D eigenvalue weighted by Gasteiger charge is 2.30. The summed E-state index contributed by atoms with van der Waals surface area (Å²) in [5, 5.41) is 14.0. The Balaban J connectivity index is 2.01. The first-order valence-corrected chi connectivity index (χ1v) is 8.21. The Bertz CT molecular complexity index is 656. The number of carbonyl (C=O) groups excluding carboxylic acids is 1. The third kappa shape index (κ3) is 3.29. The van der Waals surface area contributed by atoms with Crippen LogP contribution in [0.15, 0.2) is 34.9 Å². The standard InChI is InChI=1S/C18H22N2O3/c1-13(21)17-15(18(22)20-11-7-2-3-8-12-20)16(19-23-17)14-9-5-4-6-10-14/h4-6,9-10,13,21H,2-3,7-8,11-12H2,1H3/t13-/m0/s1. The molecule has 1 aliphatic heterocycles. The van der Waals surface area contributed by atoms with Gasteiger partial charge in [0.2, 0.25) is 0 Å². The Morgan fingerprint density at radius 2 is 1.83 bits per heavy atom. The molecule has 1 aromatic heterocycles. The zero-order valence-electron chi connectivity index (χ0n) is 13.4. The Morgan fingerprint density at radius 1 is 1.17 bits per heavy atom. The number of hydrogen-bond donors (Lipinski definition) is 1. The highest BCUT2D eigenvalue weighted by Crippen LogP contribution is 2.30. The first-order chi connectivity index (χ1) is 11.2. The lowest BCUT2D eigenvalue weighted by molar-refractivity contribution is 0.0750. The lowest BCUT2D eigenvalue weighted by Crippen LogP contribution is -2.32. The summed E-state index contributed by atoms with van der Waals surface area (Å²) in [5.74, 6) is 0.154. The van der Waals surface area contributed by atoms with Crippen LogP contribution in [0, 0.1) is 0 Å². The Hall–Kier alpha value is -2.14. The number of amides is 1. The van der Waals surface area contributed by atoms with Gasteiger partial charge in [0.05, 0.1) is 0 Å². The molecule has 5 nitrogen and oxygen atoms in total. The van der Waals surface area contributed by atoms with Gasteiger partial charge in [0, 0.05) is 18.7 Å². The van der Waals surface area contributed by atoms with Gasteiger partial charge >= 0.3 is 0 Å². The van der Waals surface area contributed by atoms with E-state index in [1.165, 1.54) is 0 Å². The first-order valence-electron chi connectivity index (χ1n) is 8.21. The number of aliphatic hydroxyl groups excluding tert-OH is 1. The van der Waals surface area contributed by atoms with Crippen LogP contribution >= 0.6 is 0 Å². The third-order valence-corrected chi connectivity index (χ3v) is 4.25. The van der Waals surface area contributed by atoms with Crippen molar-refractivity contribution in [1.29, 1.82) is 0 Å². The molecule has 1 saturated heterocycles. The van der Waals surface area contributed by atoms with Crippen LogP contribution in [0.3, 0.4) is 0 Å². The van der Waals surface area contributed by atoms with Crippen molar-refractivity contribution in [2.24, 2.45) is 0 Å². The summed E-state index contributed by atoms with van der Waals surface area (Å²) in [7, 11) is 0. The van der Waals surface area contributed by atoms with Gasteiger partial charge in [-0.15, -0.1) is 0 Å². The fraction of sp³-hybridized carbons (Fsp3) is 0.444. The maximum Gasteiger partial charge on any atom is 0.259 e. The maximum absolute atomic E-state index is 13.0. The maximum atomic E-state index is 13.0. The summed E-state index contributed by atoms with van der Waals surface area (Å²) in [5.41, 5.74) is 1.73. The molecule has 1 N–H and O–H groups in total. The van der Waals surface area contributed by atoms with E-state index in [9.17, 15) is 9.90 Å². The molecule has 0 unspecified atom stereocenters. The SMILES string of the molecule is C[C@H](O)c1onc(-c2ccccc2)c1C(=O)N1CCCCCC1. The van der Waals surface area contributed by atoms with Crippen LogP contribution in [0.25, 0.3) is 11.3 Å². The fourth-order valence-electron chi connectivity index (χ4n) is 3.02. The number of carbonyl (C=O) groups is 1. The van der Waals surface area contributed by atoms with Crippen molar-refractivity contribution in [3.8, 4) is 11.3 Å². The van der Waals surface area contributed by atoms with E-state index in [1.54, 1.807) is 6.92 Å². The van der Waals surface area contributed by atoms with Crippen LogP contribution in [-0.2, 0) is 0 Å². The normalized spacial score (nSPS) is 16.9. The highest BCUT2D eigenvalue weighted by molar-refractivity contribution is 6.01. The van der Waals surface area contributed by atoms with E-state index in [1.807, 2.05) is 35.2 Å². The monoisotopic (exact) mass is 314 g/mol. The number of benzene rings is 1. The Kier molecular flexibility index (Phi) is 4.76. The molecule has 0 radical (unpaired) electrons. The number of rotatable bonds is 3. The second kappa shape index (κ2) is 6.96. The molecule has 1 aliphatic rings. The molecule has 1 fully saturated rings. The molecule has 2 heterocycles. The second-order valence-electron chi connectivity index (χ2n) is 6.02. The Morgan fingerprint density at radius 3 is 2.43 bits per heavy atom. The van der Waals surface area contributed by atoms with Crippen LogP contribution in [-0.4, -0.2) is 34.2 Å². The smallest absolute Gasteiger partial charge is 0.259 e. The van der Waals surface area contributed by atoms with E-state index in [-0.39, 0.29) is 11.7 Å². The van der Waals surface area contributed by atoms with E-state index in [2.05, 4.69) is 5.16 Å².